The molecule has 0 saturated carbocycles. The molecule has 152 valence electrons. The van der Waals surface area contributed by atoms with Crippen molar-refractivity contribution in [3.8, 4) is 11.5 Å². The van der Waals surface area contributed by atoms with Crippen molar-refractivity contribution in [3.05, 3.63) is 47.7 Å². The van der Waals surface area contributed by atoms with Gasteiger partial charge in [-0.25, -0.2) is 9.78 Å². The van der Waals surface area contributed by atoms with E-state index < -0.39 is 11.8 Å². The fourth-order valence-corrected chi connectivity index (χ4v) is 4.38. The highest BCUT2D eigenvalue weighted by Crippen LogP contribution is 2.38. The van der Waals surface area contributed by atoms with Crippen LogP contribution in [-0.4, -0.2) is 42.0 Å². The third-order valence-electron chi connectivity index (χ3n) is 5.62. The van der Waals surface area contributed by atoms with Crippen LogP contribution in [-0.2, 0) is 16.1 Å². The molecule has 7 heteroatoms. The number of benzene rings is 1. The van der Waals surface area contributed by atoms with Crippen LogP contribution in [0.5, 0.6) is 11.5 Å². The Morgan fingerprint density at radius 2 is 1.93 bits per heavy atom. The second kappa shape index (κ2) is 6.91. The molecule has 4 heterocycles. The van der Waals surface area contributed by atoms with Gasteiger partial charge in [0.15, 0.2) is 0 Å². The standard InChI is InChI=1S/C22H24N2O5/c1-22(2)28-18-7-3-6-17(19(18)21(25)29-22)27-11-14-5-4-10-23-20(14)24-15-8-9-16(24)13-26-12-15/h3-7,10,15-16H,8-9,11-13H2,1-2H3. The normalized spacial score (nSPS) is 24.5. The lowest BCUT2D eigenvalue weighted by atomic mass is 10.1. The maximum absolute atomic E-state index is 12.5. The summed E-state index contributed by atoms with van der Waals surface area (Å²) in [7, 11) is 0. The maximum atomic E-state index is 12.5. The summed E-state index contributed by atoms with van der Waals surface area (Å²) in [5.41, 5.74) is 1.30. The number of fused-ring (bicyclic) bond motifs is 3. The Hall–Kier alpha value is -2.80. The Labute approximate surface area is 169 Å². The summed E-state index contributed by atoms with van der Waals surface area (Å²) >= 11 is 0. The van der Waals surface area contributed by atoms with E-state index in [9.17, 15) is 4.79 Å². The molecule has 1 aromatic heterocycles. The first-order valence-corrected chi connectivity index (χ1v) is 10.00. The molecule has 2 aromatic rings. The molecule has 3 aliphatic rings. The number of pyridine rings is 1. The van der Waals surface area contributed by atoms with Gasteiger partial charge in [-0.1, -0.05) is 12.1 Å². The predicted octanol–water partition coefficient (Wildman–Crippen LogP) is 3.31. The minimum atomic E-state index is -0.991. The van der Waals surface area contributed by atoms with E-state index in [1.807, 2.05) is 24.4 Å². The van der Waals surface area contributed by atoms with Crippen molar-refractivity contribution < 1.29 is 23.7 Å². The largest absolute Gasteiger partial charge is 0.488 e. The molecule has 2 unspecified atom stereocenters. The monoisotopic (exact) mass is 396 g/mol. The number of carbonyl (C=O) groups is 1. The van der Waals surface area contributed by atoms with Crippen LogP contribution >= 0.6 is 0 Å². The molecule has 0 N–H and O–H groups in total. The van der Waals surface area contributed by atoms with Gasteiger partial charge >= 0.3 is 5.97 Å². The fraction of sp³-hybridized carbons (Fsp3) is 0.455. The quantitative estimate of drug-likeness (QED) is 0.734. The number of nitrogens with zero attached hydrogens (tertiary/aromatic N) is 2. The minimum Gasteiger partial charge on any atom is -0.488 e. The smallest absolute Gasteiger partial charge is 0.349 e. The van der Waals surface area contributed by atoms with E-state index in [-0.39, 0.29) is 0 Å². The van der Waals surface area contributed by atoms with Gasteiger partial charge < -0.3 is 23.8 Å². The summed E-state index contributed by atoms with van der Waals surface area (Å²) in [6.07, 6.45) is 4.05. The van der Waals surface area contributed by atoms with Crippen LogP contribution in [0.4, 0.5) is 5.82 Å². The second-order valence-corrected chi connectivity index (χ2v) is 8.13. The van der Waals surface area contributed by atoms with Gasteiger partial charge in [0.1, 0.15) is 29.5 Å². The van der Waals surface area contributed by atoms with Crippen molar-refractivity contribution in [2.45, 2.75) is 51.2 Å². The maximum Gasteiger partial charge on any atom is 0.349 e. The third kappa shape index (κ3) is 3.29. The lowest BCUT2D eigenvalue weighted by molar-refractivity contribution is -0.127. The summed E-state index contributed by atoms with van der Waals surface area (Å²) in [4.78, 5) is 19.6. The predicted molar refractivity (Wildman–Crippen MR) is 105 cm³/mol. The zero-order valence-electron chi connectivity index (χ0n) is 16.6. The number of hydrogen-bond acceptors (Lipinski definition) is 7. The Kier molecular flexibility index (Phi) is 4.35. The summed E-state index contributed by atoms with van der Waals surface area (Å²) in [5, 5.41) is 0. The molecule has 7 nitrogen and oxygen atoms in total. The fourth-order valence-electron chi connectivity index (χ4n) is 4.38. The Morgan fingerprint density at radius 1 is 1.14 bits per heavy atom. The summed E-state index contributed by atoms with van der Waals surface area (Å²) in [6.45, 7) is 5.18. The molecule has 2 fully saturated rings. The summed E-state index contributed by atoms with van der Waals surface area (Å²) in [6, 6.07) is 9.97. The van der Waals surface area contributed by atoms with E-state index in [0.29, 0.717) is 35.8 Å². The second-order valence-electron chi connectivity index (χ2n) is 8.13. The molecule has 1 aromatic carbocycles. The SMILES string of the molecule is CC1(C)OC(=O)c2c(OCc3cccnc3N3C4CCC3COC4)cccc2O1. The van der Waals surface area contributed by atoms with Crippen LogP contribution < -0.4 is 14.4 Å². The van der Waals surface area contributed by atoms with Crippen molar-refractivity contribution in [1.82, 2.24) is 4.98 Å². The van der Waals surface area contributed by atoms with Gasteiger partial charge in [-0.15, -0.1) is 0 Å². The number of aromatic nitrogens is 1. The highest BCUT2D eigenvalue weighted by molar-refractivity contribution is 5.96. The molecule has 29 heavy (non-hydrogen) atoms. The van der Waals surface area contributed by atoms with Crippen LogP contribution in [0.2, 0.25) is 0 Å². The molecule has 2 atom stereocenters. The average Bonchev–Trinajstić information content (AvgIpc) is 2.93. The van der Waals surface area contributed by atoms with Gasteiger partial charge in [-0.2, -0.15) is 0 Å². The van der Waals surface area contributed by atoms with Crippen molar-refractivity contribution in [2.24, 2.45) is 0 Å². The molecule has 0 amide bonds. The number of esters is 1. The molecule has 0 aliphatic carbocycles. The molecular formula is C22H24N2O5. The van der Waals surface area contributed by atoms with E-state index >= 15 is 0 Å². The number of anilines is 1. The van der Waals surface area contributed by atoms with E-state index in [0.717, 1.165) is 37.4 Å². The van der Waals surface area contributed by atoms with E-state index in [1.165, 1.54) is 0 Å². The highest BCUT2D eigenvalue weighted by Gasteiger charge is 2.39. The lowest BCUT2D eigenvalue weighted by Gasteiger charge is -2.36. The van der Waals surface area contributed by atoms with Gasteiger partial charge in [0.25, 0.3) is 0 Å². The average molecular weight is 396 g/mol. The van der Waals surface area contributed by atoms with E-state index in [2.05, 4.69) is 9.88 Å². The molecule has 5 rings (SSSR count). The van der Waals surface area contributed by atoms with Crippen LogP contribution in [0.15, 0.2) is 36.5 Å². The van der Waals surface area contributed by atoms with Crippen molar-refractivity contribution in [2.75, 3.05) is 18.1 Å². The third-order valence-corrected chi connectivity index (χ3v) is 5.62. The zero-order valence-corrected chi connectivity index (χ0v) is 16.6. The number of carbonyl (C=O) groups excluding carboxylic acids is 1. The number of hydrogen-bond donors (Lipinski definition) is 0. The minimum absolute atomic E-state index is 0.299. The molecule has 2 saturated heterocycles. The topological polar surface area (TPSA) is 70.1 Å². The van der Waals surface area contributed by atoms with E-state index in [1.54, 1.807) is 26.0 Å². The molecular weight excluding hydrogens is 372 g/mol. The van der Waals surface area contributed by atoms with Crippen LogP contribution in [0.3, 0.4) is 0 Å². The number of morpholine rings is 1. The van der Waals surface area contributed by atoms with Gasteiger partial charge in [0.05, 0.1) is 25.3 Å². The van der Waals surface area contributed by atoms with Crippen molar-refractivity contribution in [3.63, 3.8) is 0 Å². The highest BCUT2D eigenvalue weighted by atomic mass is 16.7. The Balaban J connectivity index is 1.41. The van der Waals surface area contributed by atoms with Crippen LogP contribution in [0.1, 0.15) is 42.6 Å². The van der Waals surface area contributed by atoms with Gasteiger partial charge in [0.2, 0.25) is 5.79 Å². The molecule has 3 aliphatic heterocycles. The van der Waals surface area contributed by atoms with Gasteiger partial charge in [-0.05, 0) is 31.0 Å². The zero-order chi connectivity index (χ0) is 20.0. The number of ether oxygens (including phenoxy) is 4. The molecule has 2 bridgehead atoms. The molecule has 0 spiro atoms. The van der Waals surface area contributed by atoms with Crippen LogP contribution in [0, 0.1) is 0 Å². The van der Waals surface area contributed by atoms with Gasteiger partial charge in [-0.3, -0.25) is 0 Å². The lowest BCUT2D eigenvalue weighted by Crippen LogP contribution is -2.46. The van der Waals surface area contributed by atoms with Crippen molar-refractivity contribution >= 4 is 11.8 Å². The van der Waals surface area contributed by atoms with Gasteiger partial charge in [0, 0.05) is 25.6 Å². The first kappa shape index (κ1) is 18.2. The van der Waals surface area contributed by atoms with E-state index in [4.69, 9.17) is 18.9 Å². The summed E-state index contributed by atoms with van der Waals surface area (Å²) < 4.78 is 22.9. The summed E-state index contributed by atoms with van der Waals surface area (Å²) in [5.74, 6) is 0.427. The Morgan fingerprint density at radius 3 is 2.72 bits per heavy atom. The number of rotatable bonds is 4. The number of cyclic esters (lactones) is 1. The first-order chi connectivity index (χ1) is 14.0. The Bertz CT molecular complexity index is 929. The molecule has 0 radical (unpaired) electrons. The first-order valence-electron chi connectivity index (χ1n) is 10.00. The van der Waals surface area contributed by atoms with Crippen LogP contribution in [0.25, 0.3) is 0 Å². The van der Waals surface area contributed by atoms with Crippen molar-refractivity contribution in [1.29, 1.82) is 0 Å².